The fourth-order valence-corrected chi connectivity index (χ4v) is 2.83. The number of hydrogen-bond donors (Lipinski definition) is 1. The molecule has 3 nitrogen and oxygen atoms in total. The molecule has 0 atom stereocenters. The van der Waals surface area contributed by atoms with E-state index in [1.165, 1.54) is 0 Å². The summed E-state index contributed by atoms with van der Waals surface area (Å²) in [7, 11) is 0. The Labute approximate surface area is 109 Å². The molecule has 0 fully saturated rings. The summed E-state index contributed by atoms with van der Waals surface area (Å²) >= 11 is 6.07. The van der Waals surface area contributed by atoms with Crippen molar-refractivity contribution in [1.29, 1.82) is 0 Å². The van der Waals surface area contributed by atoms with Gasteiger partial charge in [0.2, 0.25) is 0 Å². The van der Waals surface area contributed by atoms with Gasteiger partial charge in [-0.3, -0.25) is 0 Å². The standard InChI is InChI=1S/C14H13ClO3/c1-7-6-10-11(13(16)12(7)15)8-4-2-3-5-9(8)14(17)18-10/h6,16H,2-5H2,1H3. The van der Waals surface area contributed by atoms with Gasteiger partial charge >= 0.3 is 5.63 Å². The van der Waals surface area contributed by atoms with Crippen molar-refractivity contribution < 1.29 is 9.52 Å². The van der Waals surface area contributed by atoms with Crippen molar-refractivity contribution in [3.63, 3.8) is 0 Å². The first-order valence-electron chi connectivity index (χ1n) is 6.06. The minimum Gasteiger partial charge on any atom is -0.506 e. The molecule has 0 unspecified atom stereocenters. The SMILES string of the molecule is Cc1cc2oc(=O)c3c(c2c(O)c1Cl)CCCC3. The van der Waals surface area contributed by atoms with Gasteiger partial charge in [-0.15, -0.1) is 0 Å². The van der Waals surface area contributed by atoms with Crippen LogP contribution in [0.1, 0.15) is 29.5 Å². The van der Waals surface area contributed by atoms with Crippen molar-refractivity contribution >= 4 is 22.6 Å². The van der Waals surface area contributed by atoms with Gasteiger partial charge in [0.25, 0.3) is 0 Å². The topological polar surface area (TPSA) is 50.4 Å². The lowest BCUT2D eigenvalue weighted by atomic mass is 9.90. The van der Waals surface area contributed by atoms with E-state index in [1.807, 2.05) is 0 Å². The Kier molecular flexibility index (Phi) is 2.59. The fourth-order valence-electron chi connectivity index (χ4n) is 2.69. The van der Waals surface area contributed by atoms with E-state index in [0.717, 1.165) is 31.2 Å². The molecule has 0 saturated carbocycles. The maximum atomic E-state index is 11.9. The third-order valence-electron chi connectivity index (χ3n) is 3.60. The zero-order valence-electron chi connectivity index (χ0n) is 10.0. The van der Waals surface area contributed by atoms with E-state index in [-0.39, 0.29) is 11.4 Å². The Morgan fingerprint density at radius 3 is 2.67 bits per heavy atom. The molecule has 1 aromatic heterocycles. The number of benzene rings is 1. The highest BCUT2D eigenvalue weighted by atomic mass is 35.5. The van der Waals surface area contributed by atoms with Gasteiger partial charge in [-0.2, -0.15) is 0 Å². The lowest BCUT2D eigenvalue weighted by molar-refractivity contribution is 0.475. The van der Waals surface area contributed by atoms with Crippen LogP contribution in [0, 0.1) is 6.92 Å². The third-order valence-corrected chi connectivity index (χ3v) is 4.08. The summed E-state index contributed by atoms with van der Waals surface area (Å²) in [6, 6.07) is 1.72. The van der Waals surface area contributed by atoms with Crippen molar-refractivity contribution in [3.8, 4) is 5.75 Å². The lowest BCUT2D eigenvalue weighted by Gasteiger charge is -2.17. The van der Waals surface area contributed by atoms with E-state index in [2.05, 4.69) is 0 Å². The number of phenols is 1. The second-order valence-corrected chi connectivity index (χ2v) is 5.16. The average Bonchev–Trinajstić information content (AvgIpc) is 2.36. The summed E-state index contributed by atoms with van der Waals surface area (Å²) in [5, 5.41) is 11.1. The van der Waals surface area contributed by atoms with Gasteiger partial charge in [0.05, 0.1) is 10.4 Å². The molecular weight excluding hydrogens is 252 g/mol. The quantitative estimate of drug-likeness (QED) is 0.743. The van der Waals surface area contributed by atoms with Gasteiger partial charge in [0.15, 0.2) is 0 Å². The summed E-state index contributed by atoms with van der Waals surface area (Å²) in [5.41, 5.74) is 2.47. The summed E-state index contributed by atoms with van der Waals surface area (Å²) in [5.74, 6) is 0.0357. The molecule has 0 saturated heterocycles. The number of rotatable bonds is 0. The smallest absolute Gasteiger partial charge is 0.339 e. The largest absolute Gasteiger partial charge is 0.506 e. The van der Waals surface area contributed by atoms with E-state index in [4.69, 9.17) is 16.0 Å². The van der Waals surface area contributed by atoms with Crippen molar-refractivity contribution in [3.05, 3.63) is 38.2 Å². The first-order chi connectivity index (χ1) is 8.59. The molecule has 18 heavy (non-hydrogen) atoms. The normalized spacial score (nSPS) is 14.8. The lowest BCUT2D eigenvalue weighted by Crippen LogP contribution is -2.15. The van der Waals surface area contributed by atoms with Crippen LogP contribution in [0.3, 0.4) is 0 Å². The van der Waals surface area contributed by atoms with Gasteiger partial charge in [-0.05, 0) is 49.8 Å². The highest BCUT2D eigenvalue weighted by Gasteiger charge is 2.21. The van der Waals surface area contributed by atoms with E-state index in [0.29, 0.717) is 27.1 Å². The molecule has 0 aliphatic heterocycles. The molecule has 0 spiro atoms. The summed E-state index contributed by atoms with van der Waals surface area (Å²) in [6.07, 6.45) is 3.53. The van der Waals surface area contributed by atoms with E-state index < -0.39 is 0 Å². The van der Waals surface area contributed by atoms with Crippen LogP contribution in [-0.2, 0) is 12.8 Å². The van der Waals surface area contributed by atoms with E-state index >= 15 is 0 Å². The van der Waals surface area contributed by atoms with Crippen LogP contribution < -0.4 is 5.63 Å². The second-order valence-electron chi connectivity index (χ2n) is 4.78. The van der Waals surface area contributed by atoms with Gasteiger partial charge in [0.1, 0.15) is 11.3 Å². The molecule has 1 aliphatic rings. The molecule has 1 N–H and O–H groups in total. The van der Waals surface area contributed by atoms with Crippen molar-refractivity contribution in [1.82, 2.24) is 0 Å². The van der Waals surface area contributed by atoms with Gasteiger partial charge in [-0.25, -0.2) is 4.79 Å². The average molecular weight is 265 g/mol. The minimum atomic E-state index is -0.279. The second kappa shape index (κ2) is 4.02. The summed E-state index contributed by atoms with van der Waals surface area (Å²) < 4.78 is 5.30. The van der Waals surface area contributed by atoms with Gasteiger partial charge < -0.3 is 9.52 Å². The Morgan fingerprint density at radius 2 is 1.94 bits per heavy atom. The molecule has 0 radical (unpaired) electrons. The zero-order valence-corrected chi connectivity index (χ0v) is 10.8. The molecule has 4 heteroatoms. The minimum absolute atomic E-state index is 0.0357. The third kappa shape index (κ3) is 1.54. The van der Waals surface area contributed by atoms with Gasteiger partial charge in [0, 0.05) is 5.56 Å². The molecule has 1 aromatic carbocycles. The molecule has 0 bridgehead atoms. The molecule has 94 valence electrons. The maximum absolute atomic E-state index is 11.9. The predicted octanol–water partition coefficient (Wildman–Crippen LogP) is 3.34. The number of aryl methyl sites for hydroxylation is 2. The molecular formula is C14H13ClO3. The Balaban J connectivity index is 2.50. The number of aromatic hydroxyl groups is 1. The Hall–Kier alpha value is -1.48. The van der Waals surface area contributed by atoms with Crippen molar-refractivity contribution in [2.24, 2.45) is 0 Å². The number of hydrogen-bond acceptors (Lipinski definition) is 3. The van der Waals surface area contributed by atoms with Crippen LogP contribution >= 0.6 is 11.6 Å². The fraction of sp³-hybridized carbons (Fsp3) is 0.357. The van der Waals surface area contributed by atoms with Crippen LogP contribution in [0.25, 0.3) is 11.0 Å². The molecule has 3 rings (SSSR count). The predicted molar refractivity (Wildman–Crippen MR) is 70.5 cm³/mol. The summed E-state index contributed by atoms with van der Waals surface area (Å²) in [6.45, 7) is 1.78. The zero-order chi connectivity index (χ0) is 12.9. The van der Waals surface area contributed by atoms with Gasteiger partial charge in [-0.1, -0.05) is 11.6 Å². The molecule has 2 aromatic rings. The van der Waals surface area contributed by atoms with Crippen molar-refractivity contribution in [2.45, 2.75) is 32.6 Å². The first-order valence-corrected chi connectivity index (χ1v) is 6.44. The Bertz CT molecular complexity index is 700. The first kappa shape index (κ1) is 11.6. The number of halogens is 1. The maximum Gasteiger partial charge on any atom is 0.339 e. The highest BCUT2D eigenvalue weighted by Crippen LogP contribution is 2.39. The monoisotopic (exact) mass is 264 g/mol. The van der Waals surface area contributed by atoms with Crippen LogP contribution in [0.2, 0.25) is 5.02 Å². The highest BCUT2D eigenvalue weighted by molar-refractivity contribution is 6.34. The number of phenolic OH excluding ortho intramolecular Hbond substituents is 1. The number of fused-ring (bicyclic) bond motifs is 3. The Morgan fingerprint density at radius 1 is 1.28 bits per heavy atom. The van der Waals surface area contributed by atoms with E-state index in [9.17, 15) is 9.90 Å². The van der Waals surface area contributed by atoms with E-state index in [1.54, 1.807) is 13.0 Å². The van der Waals surface area contributed by atoms with Crippen LogP contribution in [-0.4, -0.2) is 5.11 Å². The van der Waals surface area contributed by atoms with Crippen LogP contribution in [0.5, 0.6) is 5.75 Å². The molecule has 1 aliphatic carbocycles. The van der Waals surface area contributed by atoms with Crippen LogP contribution in [0.15, 0.2) is 15.3 Å². The van der Waals surface area contributed by atoms with Crippen LogP contribution in [0.4, 0.5) is 0 Å². The van der Waals surface area contributed by atoms with Crippen molar-refractivity contribution in [2.75, 3.05) is 0 Å². The summed E-state index contributed by atoms with van der Waals surface area (Å²) in [4.78, 5) is 11.9. The molecule has 1 heterocycles. The molecule has 0 amide bonds.